The number of hydrogen-bond acceptors (Lipinski definition) is 9. The molecule has 204 valence electrons. The van der Waals surface area contributed by atoms with Gasteiger partial charge in [0, 0.05) is 6.54 Å². The fraction of sp³-hybridized carbons (Fsp3) is 0.875. The summed E-state index contributed by atoms with van der Waals surface area (Å²) < 4.78 is 15.0. The molecule has 0 aliphatic heterocycles. The first-order chi connectivity index (χ1) is 15.4. The average Bonchev–Trinajstić information content (AvgIpc) is 2.59. The maximum atomic E-state index is 11.2. The van der Waals surface area contributed by atoms with Crippen LogP contribution in [0.15, 0.2) is 0 Å². The topological polar surface area (TPSA) is 169 Å². The Bertz CT molecular complexity index is 519. The molecule has 0 saturated heterocycles. The Morgan fingerprint density at radius 3 is 1.21 bits per heavy atom. The first kappa shape index (κ1) is 36.7. The van der Waals surface area contributed by atoms with Crippen molar-refractivity contribution in [1.29, 1.82) is 0 Å². The van der Waals surface area contributed by atoms with E-state index in [0.717, 1.165) is 38.8 Å². The number of alkyl carbamates (subject to hydrolysis) is 1. The van der Waals surface area contributed by atoms with E-state index in [2.05, 4.69) is 5.32 Å². The molecule has 0 spiro atoms. The van der Waals surface area contributed by atoms with E-state index in [1.165, 1.54) is 0 Å². The van der Waals surface area contributed by atoms with E-state index in [-0.39, 0.29) is 12.5 Å². The Morgan fingerprint density at radius 1 is 0.588 bits per heavy atom. The molecule has 34 heavy (non-hydrogen) atoms. The number of ether oxygens (including phenoxy) is 3. The number of esters is 2. The Kier molecular flexibility index (Phi) is 20.9. The van der Waals surface area contributed by atoms with Crippen LogP contribution in [0.3, 0.4) is 0 Å². The van der Waals surface area contributed by atoms with Gasteiger partial charge in [-0.3, -0.25) is 9.59 Å². The highest BCUT2D eigenvalue weighted by atomic mass is 16.6. The van der Waals surface area contributed by atoms with Crippen LogP contribution in [0.1, 0.15) is 94.4 Å². The second-order valence-electron chi connectivity index (χ2n) is 10.6. The Hall–Kier alpha value is -1.91. The van der Waals surface area contributed by atoms with Crippen LogP contribution < -0.4 is 22.5 Å². The van der Waals surface area contributed by atoms with Gasteiger partial charge in [-0.05, 0) is 108 Å². The van der Waals surface area contributed by atoms with Crippen molar-refractivity contribution in [3.63, 3.8) is 0 Å². The zero-order valence-electron chi connectivity index (χ0n) is 23.0. The number of carbonyl (C=O) groups is 3. The number of rotatable bonds is 9. The normalized spacial score (nSPS) is 11.2. The van der Waals surface area contributed by atoms with E-state index < -0.39 is 28.7 Å². The number of amides is 1. The summed E-state index contributed by atoms with van der Waals surface area (Å²) in [6.45, 7) is 18.9. The largest absolute Gasteiger partial charge is 0.460 e. The summed E-state index contributed by atoms with van der Waals surface area (Å²) in [6.07, 6.45) is 3.26. The van der Waals surface area contributed by atoms with Crippen molar-refractivity contribution in [3.05, 3.63) is 0 Å². The maximum absolute atomic E-state index is 11.2. The van der Waals surface area contributed by atoms with Crippen LogP contribution in [0.25, 0.3) is 0 Å². The lowest BCUT2D eigenvalue weighted by molar-refractivity contribution is -0.166. The molecule has 1 amide bonds. The van der Waals surface area contributed by atoms with Gasteiger partial charge in [-0.2, -0.15) is 0 Å². The minimum absolute atomic E-state index is 0.339. The Balaban J connectivity index is -0.000000461. The highest BCUT2D eigenvalue weighted by Gasteiger charge is 2.22. The lowest BCUT2D eigenvalue weighted by atomic mass is 10.2. The van der Waals surface area contributed by atoms with Gasteiger partial charge in [-0.1, -0.05) is 0 Å². The molecule has 0 unspecified atom stereocenters. The quantitative estimate of drug-likeness (QED) is 0.163. The Labute approximate surface area is 207 Å². The molecule has 0 aromatic rings. The zero-order valence-corrected chi connectivity index (χ0v) is 23.0. The molecule has 0 saturated carbocycles. The van der Waals surface area contributed by atoms with Crippen LogP contribution in [0.4, 0.5) is 4.79 Å². The average molecular weight is 493 g/mol. The van der Waals surface area contributed by atoms with Gasteiger partial charge in [0.1, 0.15) is 23.2 Å². The first-order valence-corrected chi connectivity index (χ1v) is 11.9. The molecule has 0 bridgehead atoms. The summed E-state index contributed by atoms with van der Waals surface area (Å²) in [5.74, 6) is -1.12. The van der Waals surface area contributed by atoms with E-state index in [4.69, 9.17) is 31.4 Å². The number of carbonyl (C=O) groups excluding carboxylic acids is 3. The van der Waals surface area contributed by atoms with Crippen molar-refractivity contribution in [2.75, 3.05) is 26.2 Å². The van der Waals surface area contributed by atoms with Crippen LogP contribution in [0, 0.1) is 0 Å². The molecule has 0 aliphatic carbocycles. The van der Waals surface area contributed by atoms with Crippen LogP contribution in [0.5, 0.6) is 0 Å². The van der Waals surface area contributed by atoms with Crippen molar-refractivity contribution in [2.45, 2.75) is 111 Å². The molecule has 0 rings (SSSR count). The predicted octanol–water partition coefficient (Wildman–Crippen LogP) is 2.99. The third-order valence-electron chi connectivity index (χ3n) is 3.09. The number of unbranched alkanes of at least 4 members (excludes halogenated alkanes) is 2. The first-order valence-electron chi connectivity index (χ1n) is 11.9. The lowest BCUT2D eigenvalue weighted by Gasteiger charge is -2.21. The lowest BCUT2D eigenvalue weighted by Crippen LogP contribution is -2.33. The summed E-state index contributed by atoms with van der Waals surface area (Å²) in [5.41, 5.74) is 14.1. The fourth-order valence-corrected chi connectivity index (χ4v) is 1.94. The molecule has 0 heterocycles. The van der Waals surface area contributed by atoms with Crippen LogP contribution in [0.2, 0.25) is 0 Å². The molecule has 10 heteroatoms. The molecule has 0 aliphatic rings. The van der Waals surface area contributed by atoms with Crippen molar-refractivity contribution in [2.24, 2.45) is 17.2 Å². The summed E-state index contributed by atoms with van der Waals surface area (Å²) in [6, 6.07) is 0. The minimum Gasteiger partial charge on any atom is -0.460 e. The van der Waals surface area contributed by atoms with Gasteiger partial charge in [0.2, 0.25) is 0 Å². The fourth-order valence-electron chi connectivity index (χ4n) is 1.94. The van der Waals surface area contributed by atoms with Crippen molar-refractivity contribution in [3.8, 4) is 0 Å². The van der Waals surface area contributed by atoms with Gasteiger partial charge >= 0.3 is 18.0 Å². The second-order valence-corrected chi connectivity index (χ2v) is 10.6. The van der Waals surface area contributed by atoms with E-state index in [1.54, 1.807) is 41.5 Å². The SMILES string of the molecule is CC(C)(C)OC(=O)CC(=O)OC(C)(C)C.CC(C)(C)OC(=O)NCCCCN.NCCCCN. The molecule has 0 radical (unpaired) electrons. The third-order valence-corrected chi connectivity index (χ3v) is 3.09. The van der Waals surface area contributed by atoms with Crippen LogP contribution >= 0.6 is 0 Å². The minimum atomic E-state index is -0.570. The van der Waals surface area contributed by atoms with Gasteiger partial charge in [-0.15, -0.1) is 0 Å². The van der Waals surface area contributed by atoms with Crippen LogP contribution in [-0.4, -0.2) is 61.0 Å². The summed E-state index contributed by atoms with van der Waals surface area (Å²) in [4.78, 5) is 33.5. The van der Waals surface area contributed by atoms with E-state index >= 15 is 0 Å². The standard InChI is InChI=1S/C11H20O4.C9H20N2O2.C4H12N2/c1-10(2,3)14-8(12)7-9(13)15-11(4,5)6;1-9(2,3)13-8(12)11-7-5-4-6-10;5-3-1-2-4-6/h7H2,1-6H3;4-7,10H2,1-3H3,(H,11,12);1-6H2. The maximum Gasteiger partial charge on any atom is 0.407 e. The third kappa shape index (κ3) is 37.4. The molecule has 0 aromatic heterocycles. The van der Waals surface area contributed by atoms with E-state index in [1.807, 2.05) is 20.8 Å². The van der Waals surface area contributed by atoms with Crippen LogP contribution in [-0.2, 0) is 23.8 Å². The van der Waals surface area contributed by atoms with E-state index in [0.29, 0.717) is 13.1 Å². The number of hydrogen-bond donors (Lipinski definition) is 4. The van der Waals surface area contributed by atoms with Gasteiger partial charge in [0.15, 0.2) is 0 Å². The number of nitrogens with one attached hydrogen (secondary N) is 1. The van der Waals surface area contributed by atoms with E-state index in [9.17, 15) is 14.4 Å². The van der Waals surface area contributed by atoms with Gasteiger partial charge in [0.25, 0.3) is 0 Å². The summed E-state index contributed by atoms with van der Waals surface area (Å²) in [7, 11) is 0. The second kappa shape index (κ2) is 19.4. The molecule has 7 N–H and O–H groups in total. The molecule has 0 fully saturated rings. The van der Waals surface area contributed by atoms with Gasteiger partial charge in [0.05, 0.1) is 0 Å². The Morgan fingerprint density at radius 2 is 0.912 bits per heavy atom. The predicted molar refractivity (Wildman–Crippen MR) is 136 cm³/mol. The highest BCUT2D eigenvalue weighted by Crippen LogP contribution is 2.11. The van der Waals surface area contributed by atoms with Crippen molar-refractivity contribution >= 4 is 18.0 Å². The number of nitrogens with two attached hydrogens (primary N) is 3. The zero-order chi connectivity index (χ0) is 27.4. The molecule has 0 atom stereocenters. The summed E-state index contributed by atoms with van der Waals surface area (Å²) >= 11 is 0. The van der Waals surface area contributed by atoms with Crippen molar-refractivity contribution in [1.82, 2.24) is 5.32 Å². The smallest absolute Gasteiger partial charge is 0.407 e. The molecule has 0 aromatic carbocycles. The summed E-state index contributed by atoms with van der Waals surface area (Å²) in [5, 5.41) is 2.66. The highest BCUT2D eigenvalue weighted by molar-refractivity contribution is 5.91. The van der Waals surface area contributed by atoms with Gasteiger partial charge < -0.3 is 36.7 Å². The van der Waals surface area contributed by atoms with Crippen molar-refractivity contribution < 1.29 is 28.6 Å². The monoisotopic (exact) mass is 492 g/mol. The van der Waals surface area contributed by atoms with Gasteiger partial charge in [-0.25, -0.2) is 4.79 Å². The molecule has 10 nitrogen and oxygen atoms in total. The molecular weight excluding hydrogens is 440 g/mol. The molecular formula is C24H52N4O6.